The van der Waals surface area contributed by atoms with E-state index in [1.165, 1.54) is 0 Å². The lowest BCUT2D eigenvalue weighted by Crippen LogP contribution is -2.31. The van der Waals surface area contributed by atoms with E-state index in [1.807, 2.05) is 44.3 Å². The van der Waals surface area contributed by atoms with Crippen LogP contribution < -0.4 is 14.6 Å². The maximum absolute atomic E-state index is 12.0. The SMILES string of the molecule is CC1=N[N+](C)(c2cc(Oc3ccc4nc(NC(=O)CC5CC5)cn4n3)ccc2C)C=C1. The molecule has 1 fully saturated rings. The molecule has 1 amide bonds. The zero-order valence-electron chi connectivity index (χ0n) is 17.9. The molecule has 0 saturated heterocycles. The Morgan fingerprint density at radius 2 is 2.10 bits per heavy atom. The van der Waals surface area contributed by atoms with Crippen LogP contribution >= 0.6 is 0 Å². The molecule has 1 atom stereocenters. The van der Waals surface area contributed by atoms with Crippen molar-refractivity contribution in [3.8, 4) is 11.6 Å². The van der Waals surface area contributed by atoms with Crippen LogP contribution in [0.4, 0.5) is 11.5 Å². The number of carbonyl (C=O) groups is 1. The van der Waals surface area contributed by atoms with Crippen molar-refractivity contribution in [3.05, 3.63) is 54.4 Å². The lowest BCUT2D eigenvalue weighted by Gasteiger charge is -2.22. The zero-order chi connectivity index (χ0) is 21.6. The molecule has 8 heteroatoms. The van der Waals surface area contributed by atoms with Gasteiger partial charge in [0.2, 0.25) is 11.8 Å². The Bertz CT molecular complexity index is 1240. The Balaban J connectivity index is 1.36. The molecule has 158 valence electrons. The summed E-state index contributed by atoms with van der Waals surface area (Å²) in [6.07, 6.45) is 8.61. The van der Waals surface area contributed by atoms with Gasteiger partial charge < -0.3 is 10.1 Å². The number of ether oxygens (including phenoxy) is 1. The van der Waals surface area contributed by atoms with Gasteiger partial charge in [0, 0.05) is 30.2 Å². The average molecular weight is 417 g/mol. The van der Waals surface area contributed by atoms with Gasteiger partial charge in [-0.15, -0.1) is 9.69 Å². The molecule has 2 aromatic heterocycles. The highest BCUT2D eigenvalue weighted by Gasteiger charge is 2.29. The number of benzene rings is 1. The summed E-state index contributed by atoms with van der Waals surface area (Å²) < 4.78 is 8.00. The minimum absolute atomic E-state index is 0.0000392. The van der Waals surface area contributed by atoms with Crippen molar-refractivity contribution >= 4 is 28.8 Å². The van der Waals surface area contributed by atoms with Crippen molar-refractivity contribution in [3.63, 3.8) is 0 Å². The first-order valence-electron chi connectivity index (χ1n) is 10.5. The van der Waals surface area contributed by atoms with Crippen LogP contribution in [0.1, 0.15) is 31.7 Å². The van der Waals surface area contributed by atoms with Crippen molar-refractivity contribution in [2.24, 2.45) is 11.0 Å². The number of amides is 1. The highest BCUT2D eigenvalue weighted by Crippen LogP contribution is 2.34. The molecule has 0 radical (unpaired) electrons. The van der Waals surface area contributed by atoms with E-state index in [0.29, 0.717) is 40.0 Å². The van der Waals surface area contributed by atoms with Crippen LogP contribution in [0.3, 0.4) is 0 Å². The minimum Gasteiger partial charge on any atom is -0.437 e. The molecule has 3 heterocycles. The molecule has 0 spiro atoms. The number of imidazole rings is 1. The Hall–Kier alpha value is -3.52. The van der Waals surface area contributed by atoms with Gasteiger partial charge in [-0.3, -0.25) is 4.79 Å². The lowest BCUT2D eigenvalue weighted by molar-refractivity contribution is -0.116. The average Bonchev–Trinajstić information content (AvgIpc) is 3.33. The van der Waals surface area contributed by atoms with Gasteiger partial charge in [-0.1, -0.05) is 5.10 Å². The Kier molecular flexibility index (Phi) is 4.59. The van der Waals surface area contributed by atoms with Gasteiger partial charge in [0.15, 0.2) is 17.2 Å². The summed E-state index contributed by atoms with van der Waals surface area (Å²) in [5.74, 6) is 2.15. The summed E-state index contributed by atoms with van der Waals surface area (Å²) in [7, 11) is 2.04. The summed E-state index contributed by atoms with van der Waals surface area (Å²) in [5.41, 5.74) is 3.79. The first-order valence-corrected chi connectivity index (χ1v) is 10.5. The molecule has 1 unspecified atom stereocenters. The summed E-state index contributed by atoms with van der Waals surface area (Å²) in [5, 5.41) is 12.1. The molecular formula is C23H25N6O2+. The van der Waals surface area contributed by atoms with Crippen LogP contribution in [-0.2, 0) is 4.79 Å². The molecule has 5 rings (SSSR count). The number of rotatable bonds is 6. The van der Waals surface area contributed by atoms with Crippen molar-refractivity contribution in [2.45, 2.75) is 33.1 Å². The minimum atomic E-state index is 0.0000392. The van der Waals surface area contributed by atoms with E-state index >= 15 is 0 Å². The van der Waals surface area contributed by atoms with Gasteiger partial charge in [-0.05, 0) is 50.8 Å². The number of fused-ring (bicyclic) bond motifs is 1. The van der Waals surface area contributed by atoms with E-state index in [-0.39, 0.29) is 5.91 Å². The normalized spacial score (nSPS) is 20.2. The van der Waals surface area contributed by atoms with Crippen LogP contribution in [0, 0.1) is 12.8 Å². The Morgan fingerprint density at radius 1 is 1.26 bits per heavy atom. The maximum Gasteiger partial charge on any atom is 0.237 e. The van der Waals surface area contributed by atoms with Crippen LogP contribution in [0.25, 0.3) is 5.65 Å². The van der Waals surface area contributed by atoms with Gasteiger partial charge in [0.05, 0.1) is 11.9 Å². The molecule has 8 nitrogen and oxygen atoms in total. The molecular weight excluding hydrogens is 392 g/mol. The summed E-state index contributed by atoms with van der Waals surface area (Å²) in [6.45, 7) is 4.05. The number of allylic oxidation sites excluding steroid dienone is 1. The third kappa shape index (κ3) is 4.06. The molecule has 1 saturated carbocycles. The molecule has 2 aliphatic rings. The molecule has 1 aliphatic heterocycles. The van der Waals surface area contributed by atoms with Crippen LogP contribution in [0.2, 0.25) is 0 Å². The van der Waals surface area contributed by atoms with Gasteiger partial charge in [-0.25, -0.2) is 9.50 Å². The quantitative estimate of drug-likeness (QED) is 0.603. The predicted molar refractivity (Wildman–Crippen MR) is 120 cm³/mol. The number of quaternary nitrogens is 1. The number of carbonyl (C=O) groups excluding carboxylic acids is 1. The fourth-order valence-electron chi connectivity index (χ4n) is 3.80. The van der Waals surface area contributed by atoms with Gasteiger partial charge >= 0.3 is 0 Å². The van der Waals surface area contributed by atoms with E-state index in [9.17, 15) is 4.79 Å². The number of nitrogens with one attached hydrogen (secondary N) is 1. The first kappa shape index (κ1) is 19.4. The van der Waals surface area contributed by atoms with Crippen molar-refractivity contribution < 1.29 is 9.53 Å². The van der Waals surface area contributed by atoms with Crippen LogP contribution in [-0.4, -0.2) is 33.3 Å². The highest BCUT2D eigenvalue weighted by atomic mass is 16.5. The fourth-order valence-corrected chi connectivity index (χ4v) is 3.80. The standard InChI is InChI=1S/C23H24N6O2/c1-15-4-7-18(13-19(15)29(3)11-10-16(2)27-29)31-23-9-8-21-24-20(14-28(21)26-23)25-22(30)12-17-5-6-17/h4,7-11,13-14,17H,5-6,12H2,1-3H3/p+1. The van der Waals surface area contributed by atoms with E-state index in [1.54, 1.807) is 16.8 Å². The number of hydrogen-bond acceptors (Lipinski definition) is 5. The molecule has 1 aromatic carbocycles. The topological polar surface area (TPSA) is 80.9 Å². The van der Waals surface area contributed by atoms with E-state index in [4.69, 9.17) is 9.84 Å². The lowest BCUT2D eigenvalue weighted by atomic mass is 10.1. The van der Waals surface area contributed by atoms with E-state index in [2.05, 4.69) is 28.5 Å². The van der Waals surface area contributed by atoms with Gasteiger partial charge in [0.1, 0.15) is 19.0 Å². The first-order chi connectivity index (χ1) is 14.9. The van der Waals surface area contributed by atoms with Crippen molar-refractivity contribution in [1.29, 1.82) is 0 Å². The second-order valence-electron chi connectivity index (χ2n) is 8.43. The Labute approximate surface area is 180 Å². The summed E-state index contributed by atoms with van der Waals surface area (Å²) in [6, 6.07) is 9.52. The molecule has 31 heavy (non-hydrogen) atoms. The second-order valence-corrected chi connectivity index (χ2v) is 8.43. The number of aromatic nitrogens is 3. The number of nitrogens with zero attached hydrogens (tertiary/aromatic N) is 5. The Morgan fingerprint density at radius 3 is 2.84 bits per heavy atom. The van der Waals surface area contributed by atoms with Crippen molar-refractivity contribution in [2.75, 3.05) is 12.4 Å². The van der Waals surface area contributed by atoms with Crippen LogP contribution in [0.15, 0.2) is 53.9 Å². The molecule has 1 N–H and O–H groups in total. The third-order valence-corrected chi connectivity index (χ3v) is 5.60. The monoisotopic (exact) mass is 417 g/mol. The van der Waals surface area contributed by atoms with Gasteiger partial charge in [0.25, 0.3) is 0 Å². The fraction of sp³-hybridized carbons (Fsp3) is 0.304. The number of hydrogen-bond donors (Lipinski definition) is 1. The van der Waals surface area contributed by atoms with E-state index < -0.39 is 0 Å². The highest BCUT2D eigenvalue weighted by molar-refractivity contribution is 5.95. The van der Waals surface area contributed by atoms with Crippen molar-refractivity contribution in [1.82, 2.24) is 19.2 Å². The second kappa shape index (κ2) is 7.31. The maximum atomic E-state index is 12.0. The summed E-state index contributed by atoms with van der Waals surface area (Å²) >= 11 is 0. The predicted octanol–water partition coefficient (Wildman–Crippen LogP) is 4.41. The van der Waals surface area contributed by atoms with E-state index in [0.717, 1.165) is 29.8 Å². The number of anilines is 1. The number of aryl methyl sites for hydroxylation is 1. The third-order valence-electron chi connectivity index (χ3n) is 5.60. The largest absolute Gasteiger partial charge is 0.437 e. The zero-order valence-corrected chi connectivity index (χ0v) is 17.9. The van der Waals surface area contributed by atoms with Gasteiger partial charge in [-0.2, -0.15) is 0 Å². The summed E-state index contributed by atoms with van der Waals surface area (Å²) in [4.78, 5) is 16.5. The smallest absolute Gasteiger partial charge is 0.237 e. The van der Waals surface area contributed by atoms with Crippen LogP contribution in [0.5, 0.6) is 11.6 Å². The molecule has 1 aliphatic carbocycles. The molecule has 3 aromatic rings. The molecule has 0 bridgehead atoms.